The minimum absolute atomic E-state index is 0.0929. The number of hydrogen-bond donors (Lipinski definition) is 1. The van der Waals surface area contributed by atoms with Crippen LogP contribution in [0.15, 0.2) is 5.38 Å². The summed E-state index contributed by atoms with van der Waals surface area (Å²) in [6.07, 6.45) is 3.00. The van der Waals surface area contributed by atoms with E-state index in [0.29, 0.717) is 6.04 Å². The Kier molecular flexibility index (Phi) is 6.16. The van der Waals surface area contributed by atoms with E-state index in [4.69, 9.17) is 0 Å². The van der Waals surface area contributed by atoms with E-state index in [0.717, 1.165) is 54.6 Å². The van der Waals surface area contributed by atoms with Crippen molar-refractivity contribution in [2.24, 2.45) is 0 Å². The lowest BCUT2D eigenvalue weighted by Crippen LogP contribution is -2.45. The topological polar surface area (TPSA) is 45.2 Å². The summed E-state index contributed by atoms with van der Waals surface area (Å²) < 4.78 is 0. The van der Waals surface area contributed by atoms with Crippen LogP contribution < -0.4 is 5.32 Å². The molecular formula is C14H23N3OS2. The lowest BCUT2D eigenvalue weighted by Gasteiger charge is -2.27. The number of carbonyl (C=O) groups is 1. The third-order valence-corrected chi connectivity index (χ3v) is 5.48. The molecule has 1 saturated heterocycles. The van der Waals surface area contributed by atoms with Gasteiger partial charge < -0.3 is 10.2 Å². The molecule has 0 spiro atoms. The van der Waals surface area contributed by atoms with Crippen LogP contribution in [0.3, 0.4) is 0 Å². The molecular weight excluding hydrogens is 290 g/mol. The molecule has 0 radical (unpaired) electrons. The van der Waals surface area contributed by atoms with Crippen LogP contribution in [-0.2, 0) is 6.42 Å². The summed E-state index contributed by atoms with van der Waals surface area (Å²) in [5.41, 5.74) is 1.09. The molecule has 1 N–H and O–H groups in total. The molecule has 112 valence electrons. The van der Waals surface area contributed by atoms with Gasteiger partial charge >= 0.3 is 6.03 Å². The largest absolute Gasteiger partial charge is 0.338 e. The van der Waals surface area contributed by atoms with Crippen LogP contribution in [0.25, 0.3) is 0 Å². The molecule has 6 heteroatoms. The second-order valence-electron chi connectivity index (χ2n) is 5.16. The van der Waals surface area contributed by atoms with Crippen LogP contribution in [-0.4, -0.2) is 46.6 Å². The van der Waals surface area contributed by atoms with E-state index in [-0.39, 0.29) is 6.03 Å². The van der Waals surface area contributed by atoms with Crippen molar-refractivity contribution < 1.29 is 4.79 Å². The summed E-state index contributed by atoms with van der Waals surface area (Å²) in [6.45, 7) is 5.75. The average molecular weight is 313 g/mol. The first-order valence-corrected chi connectivity index (χ1v) is 9.23. The normalized spacial score (nSPS) is 19.7. The van der Waals surface area contributed by atoms with Crippen molar-refractivity contribution in [3.8, 4) is 0 Å². The van der Waals surface area contributed by atoms with Gasteiger partial charge in [0, 0.05) is 42.4 Å². The van der Waals surface area contributed by atoms with Gasteiger partial charge in [-0.1, -0.05) is 0 Å². The van der Waals surface area contributed by atoms with Gasteiger partial charge in [0.05, 0.1) is 5.01 Å². The van der Waals surface area contributed by atoms with Gasteiger partial charge in [0.2, 0.25) is 0 Å². The summed E-state index contributed by atoms with van der Waals surface area (Å²) >= 11 is 3.64. The molecule has 0 bridgehead atoms. The fourth-order valence-electron chi connectivity index (χ4n) is 2.25. The zero-order valence-electron chi connectivity index (χ0n) is 12.2. The van der Waals surface area contributed by atoms with E-state index in [1.807, 2.05) is 23.6 Å². The van der Waals surface area contributed by atoms with E-state index >= 15 is 0 Å². The Labute approximate surface area is 129 Å². The minimum Gasteiger partial charge on any atom is -0.338 e. The van der Waals surface area contributed by atoms with Crippen molar-refractivity contribution in [1.29, 1.82) is 0 Å². The molecule has 0 saturated carbocycles. The molecule has 1 fully saturated rings. The number of rotatable bonds is 4. The van der Waals surface area contributed by atoms with Crippen LogP contribution in [0.4, 0.5) is 4.79 Å². The van der Waals surface area contributed by atoms with Crippen molar-refractivity contribution in [1.82, 2.24) is 15.2 Å². The highest BCUT2D eigenvalue weighted by atomic mass is 32.2. The highest BCUT2D eigenvalue weighted by molar-refractivity contribution is 7.99. The molecule has 1 aromatic heterocycles. The van der Waals surface area contributed by atoms with Gasteiger partial charge in [0.15, 0.2) is 0 Å². The standard InChI is InChI=1S/C14H23N3OS2/c1-11-10-20-13(16-11)4-3-6-15-14(18)17-7-9-19-8-5-12(17)2/h10,12H,3-9H2,1-2H3,(H,15,18). The number of carbonyl (C=O) groups excluding carboxylic acids is 1. The highest BCUT2D eigenvalue weighted by Crippen LogP contribution is 2.16. The molecule has 2 heterocycles. The first-order valence-electron chi connectivity index (χ1n) is 7.20. The van der Waals surface area contributed by atoms with E-state index in [1.165, 1.54) is 0 Å². The van der Waals surface area contributed by atoms with Gasteiger partial charge in [-0.3, -0.25) is 0 Å². The molecule has 1 unspecified atom stereocenters. The maximum absolute atomic E-state index is 12.2. The fraction of sp³-hybridized carbons (Fsp3) is 0.714. The maximum atomic E-state index is 12.2. The second-order valence-corrected chi connectivity index (χ2v) is 7.33. The summed E-state index contributed by atoms with van der Waals surface area (Å²) in [5, 5.41) is 6.28. The Morgan fingerprint density at radius 2 is 2.40 bits per heavy atom. The number of thiazole rings is 1. The second kappa shape index (κ2) is 7.88. The first kappa shape index (κ1) is 15.6. The number of urea groups is 1. The molecule has 1 aliphatic heterocycles. The SMILES string of the molecule is Cc1csc(CCCNC(=O)N2CCSCCC2C)n1. The quantitative estimate of drug-likeness (QED) is 0.869. The monoisotopic (exact) mass is 313 g/mol. The number of nitrogens with one attached hydrogen (secondary N) is 1. The Morgan fingerprint density at radius 1 is 1.55 bits per heavy atom. The van der Waals surface area contributed by atoms with Gasteiger partial charge in [-0.15, -0.1) is 11.3 Å². The van der Waals surface area contributed by atoms with Crippen molar-refractivity contribution in [3.63, 3.8) is 0 Å². The number of amides is 2. The van der Waals surface area contributed by atoms with Crippen molar-refractivity contribution in [3.05, 3.63) is 16.1 Å². The zero-order chi connectivity index (χ0) is 14.4. The number of nitrogens with zero attached hydrogens (tertiary/aromatic N) is 2. The Hall–Kier alpha value is -0.750. The smallest absolute Gasteiger partial charge is 0.317 e. The molecule has 0 aliphatic carbocycles. The van der Waals surface area contributed by atoms with E-state index in [2.05, 4.69) is 22.6 Å². The van der Waals surface area contributed by atoms with E-state index in [1.54, 1.807) is 11.3 Å². The van der Waals surface area contributed by atoms with Gasteiger partial charge in [-0.2, -0.15) is 11.8 Å². The average Bonchev–Trinajstić information content (AvgIpc) is 2.71. The van der Waals surface area contributed by atoms with Crippen LogP contribution in [0.2, 0.25) is 0 Å². The Bertz CT molecular complexity index is 436. The van der Waals surface area contributed by atoms with Crippen LogP contribution in [0.5, 0.6) is 0 Å². The summed E-state index contributed by atoms with van der Waals surface area (Å²) in [7, 11) is 0. The highest BCUT2D eigenvalue weighted by Gasteiger charge is 2.21. The van der Waals surface area contributed by atoms with Gasteiger partial charge in [0.1, 0.15) is 0 Å². The fourth-order valence-corrected chi connectivity index (χ4v) is 4.11. The zero-order valence-corrected chi connectivity index (χ0v) is 13.9. The molecule has 2 amide bonds. The van der Waals surface area contributed by atoms with Gasteiger partial charge in [-0.05, 0) is 32.4 Å². The lowest BCUT2D eigenvalue weighted by molar-refractivity contribution is 0.183. The van der Waals surface area contributed by atoms with Gasteiger partial charge in [0.25, 0.3) is 0 Å². The maximum Gasteiger partial charge on any atom is 0.317 e. The molecule has 0 aromatic carbocycles. The summed E-state index contributed by atoms with van der Waals surface area (Å²) in [6, 6.07) is 0.446. The predicted molar refractivity (Wildman–Crippen MR) is 86.7 cm³/mol. The Morgan fingerprint density at radius 3 is 3.15 bits per heavy atom. The van der Waals surface area contributed by atoms with E-state index in [9.17, 15) is 4.79 Å². The van der Waals surface area contributed by atoms with Crippen molar-refractivity contribution in [2.45, 2.75) is 39.2 Å². The summed E-state index contributed by atoms with van der Waals surface area (Å²) in [5.74, 6) is 2.21. The molecule has 20 heavy (non-hydrogen) atoms. The summed E-state index contributed by atoms with van der Waals surface area (Å²) in [4.78, 5) is 18.6. The molecule has 1 atom stereocenters. The molecule has 2 rings (SSSR count). The molecule has 1 aliphatic rings. The number of aromatic nitrogens is 1. The van der Waals surface area contributed by atoms with Crippen molar-refractivity contribution >= 4 is 29.1 Å². The molecule has 4 nitrogen and oxygen atoms in total. The van der Waals surface area contributed by atoms with Crippen LogP contribution in [0.1, 0.15) is 30.5 Å². The van der Waals surface area contributed by atoms with Crippen molar-refractivity contribution in [2.75, 3.05) is 24.6 Å². The number of aryl methyl sites for hydroxylation is 2. The predicted octanol–water partition coefficient (Wildman–Crippen LogP) is 2.92. The van der Waals surface area contributed by atoms with Crippen LogP contribution >= 0.6 is 23.1 Å². The number of thioether (sulfide) groups is 1. The lowest BCUT2D eigenvalue weighted by atomic mass is 10.2. The molecule has 1 aromatic rings. The van der Waals surface area contributed by atoms with E-state index < -0.39 is 0 Å². The van der Waals surface area contributed by atoms with Gasteiger partial charge in [-0.25, -0.2) is 9.78 Å². The third kappa shape index (κ3) is 4.66. The Balaban J connectivity index is 1.68. The van der Waals surface area contributed by atoms with Crippen LogP contribution in [0, 0.1) is 6.92 Å². The number of hydrogen-bond acceptors (Lipinski definition) is 4. The first-order chi connectivity index (χ1) is 9.66. The third-order valence-electron chi connectivity index (χ3n) is 3.46. The minimum atomic E-state index is 0.0929.